The zero-order valence-electron chi connectivity index (χ0n) is 20.8. The molecule has 5 aromatic carbocycles. The third kappa shape index (κ3) is 5.01. The van der Waals surface area contributed by atoms with E-state index in [4.69, 9.17) is 10.1 Å². The van der Waals surface area contributed by atoms with Crippen LogP contribution in [0.4, 0.5) is 28.6 Å². The Hall–Kier alpha value is -5.22. The lowest BCUT2D eigenvalue weighted by Gasteiger charge is -2.24. The van der Waals surface area contributed by atoms with Gasteiger partial charge < -0.3 is 0 Å². The number of hydrazone groups is 1. The zero-order valence-corrected chi connectivity index (χ0v) is 20.8. The first-order chi connectivity index (χ1) is 18.8. The summed E-state index contributed by atoms with van der Waals surface area (Å²) in [7, 11) is 0. The van der Waals surface area contributed by atoms with Crippen molar-refractivity contribution in [3.63, 3.8) is 0 Å². The van der Waals surface area contributed by atoms with Crippen molar-refractivity contribution < 1.29 is 0 Å². The van der Waals surface area contributed by atoms with E-state index in [-0.39, 0.29) is 0 Å². The van der Waals surface area contributed by atoms with Gasteiger partial charge in [0.15, 0.2) is 0 Å². The van der Waals surface area contributed by atoms with Crippen LogP contribution in [0, 0.1) is 0 Å². The molecule has 0 N–H and O–H groups in total. The molecule has 0 fully saturated rings. The number of nitrogens with zero attached hydrogens (tertiary/aromatic N) is 4. The summed E-state index contributed by atoms with van der Waals surface area (Å²) >= 11 is 0. The molecule has 4 heteroatoms. The number of anilines is 5. The third-order valence-electron chi connectivity index (χ3n) is 6.30. The molecule has 6 rings (SSSR count). The smallest absolute Gasteiger partial charge is 0.138 e. The van der Waals surface area contributed by atoms with Crippen LogP contribution in [-0.2, 0) is 0 Å². The van der Waals surface area contributed by atoms with Gasteiger partial charge in [-0.1, -0.05) is 84.9 Å². The van der Waals surface area contributed by atoms with E-state index in [0.717, 1.165) is 45.0 Å². The Bertz CT molecular complexity index is 1610. The van der Waals surface area contributed by atoms with E-state index in [1.807, 2.05) is 84.0 Å². The van der Waals surface area contributed by atoms with Gasteiger partial charge in [-0.3, -0.25) is 4.90 Å². The number of para-hydroxylation sites is 4. The summed E-state index contributed by atoms with van der Waals surface area (Å²) in [4.78, 5) is 7.14. The highest BCUT2D eigenvalue weighted by Crippen LogP contribution is 2.34. The van der Waals surface area contributed by atoms with Crippen molar-refractivity contribution >= 4 is 45.7 Å². The number of hydrogen-bond acceptors (Lipinski definition) is 4. The summed E-state index contributed by atoms with van der Waals surface area (Å²) in [5.74, 6) is 0.871. The average Bonchev–Trinajstić information content (AvgIpc) is 3.00. The van der Waals surface area contributed by atoms with Crippen molar-refractivity contribution in [2.24, 2.45) is 5.10 Å². The van der Waals surface area contributed by atoms with Gasteiger partial charge in [0.25, 0.3) is 0 Å². The summed E-state index contributed by atoms with van der Waals surface area (Å²) in [6, 6.07) is 51.5. The fraction of sp³-hybridized carbons (Fsp3) is 0. The van der Waals surface area contributed by atoms with E-state index in [1.54, 1.807) is 0 Å². The molecular weight excluding hydrogens is 464 g/mol. The fourth-order valence-electron chi connectivity index (χ4n) is 4.43. The molecule has 182 valence electrons. The van der Waals surface area contributed by atoms with Crippen LogP contribution in [0.5, 0.6) is 0 Å². The number of aromatic nitrogens is 1. The van der Waals surface area contributed by atoms with E-state index in [9.17, 15) is 0 Å². The Morgan fingerprint density at radius 1 is 0.474 bits per heavy atom. The summed E-state index contributed by atoms with van der Waals surface area (Å²) in [5.41, 5.74) is 6.06. The lowest BCUT2D eigenvalue weighted by molar-refractivity contribution is 1.09. The van der Waals surface area contributed by atoms with Gasteiger partial charge >= 0.3 is 0 Å². The van der Waals surface area contributed by atoms with Gasteiger partial charge in [0.1, 0.15) is 5.82 Å². The monoisotopic (exact) mass is 490 g/mol. The highest BCUT2D eigenvalue weighted by molar-refractivity contribution is 5.86. The van der Waals surface area contributed by atoms with Crippen molar-refractivity contribution in [3.8, 4) is 0 Å². The predicted octanol–water partition coefficient (Wildman–Crippen LogP) is 8.88. The second-order valence-electron chi connectivity index (χ2n) is 8.85. The summed E-state index contributed by atoms with van der Waals surface area (Å²) in [6.45, 7) is 0. The van der Waals surface area contributed by atoms with Crippen molar-refractivity contribution in [1.82, 2.24) is 4.98 Å². The quantitative estimate of drug-likeness (QED) is 0.165. The Morgan fingerprint density at radius 2 is 1.00 bits per heavy atom. The lowest BCUT2D eigenvalue weighted by Crippen LogP contribution is -2.11. The maximum Gasteiger partial charge on any atom is 0.138 e. The van der Waals surface area contributed by atoms with Crippen LogP contribution in [-0.4, -0.2) is 11.2 Å². The van der Waals surface area contributed by atoms with E-state index >= 15 is 0 Å². The molecule has 1 aromatic heterocycles. The lowest BCUT2D eigenvalue weighted by atomic mass is 10.1. The van der Waals surface area contributed by atoms with Crippen LogP contribution < -0.4 is 9.91 Å². The average molecular weight is 491 g/mol. The van der Waals surface area contributed by atoms with Crippen LogP contribution in [0.1, 0.15) is 5.56 Å². The molecule has 0 unspecified atom stereocenters. The first-order valence-electron chi connectivity index (χ1n) is 12.6. The number of fused-ring (bicyclic) bond motifs is 1. The van der Waals surface area contributed by atoms with Crippen LogP contribution in [0.2, 0.25) is 0 Å². The summed E-state index contributed by atoms with van der Waals surface area (Å²) in [6.07, 6.45) is 1.89. The molecule has 6 aromatic rings. The number of pyridine rings is 1. The minimum atomic E-state index is 0.871. The number of rotatable bonds is 7. The standard InChI is InChI=1S/C34H26N4/c1-4-13-29(14-5-1)37(34-25-22-28-12-10-11-19-33(28)36-34)30-23-20-27(21-24-30)26-35-38(31-15-6-2-7-16-31)32-17-8-3-9-18-32/h1-26H/b35-26+. The van der Waals surface area contributed by atoms with Crippen molar-refractivity contribution in [1.29, 1.82) is 0 Å². The molecule has 0 aliphatic heterocycles. The van der Waals surface area contributed by atoms with E-state index in [1.165, 1.54) is 0 Å². The molecule has 0 atom stereocenters. The molecule has 0 radical (unpaired) electrons. The first kappa shape index (κ1) is 23.2. The molecule has 0 aliphatic carbocycles. The van der Waals surface area contributed by atoms with E-state index < -0.39 is 0 Å². The van der Waals surface area contributed by atoms with E-state index in [0.29, 0.717) is 0 Å². The Balaban J connectivity index is 1.33. The largest absolute Gasteiger partial charge is 0.295 e. The first-order valence-corrected chi connectivity index (χ1v) is 12.6. The number of benzene rings is 5. The molecule has 4 nitrogen and oxygen atoms in total. The molecule has 38 heavy (non-hydrogen) atoms. The third-order valence-corrected chi connectivity index (χ3v) is 6.30. The highest BCUT2D eigenvalue weighted by atomic mass is 15.5. The molecule has 0 bridgehead atoms. The van der Waals surface area contributed by atoms with Gasteiger partial charge in [0.05, 0.1) is 23.1 Å². The molecule has 0 spiro atoms. The van der Waals surface area contributed by atoms with Crippen LogP contribution in [0.15, 0.2) is 157 Å². The topological polar surface area (TPSA) is 31.7 Å². The Kier molecular flexibility index (Phi) is 6.60. The molecular formula is C34H26N4. The van der Waals surface area contributed by atoms with Crippen molar-refractivity contribution in [2.45, 2.75) is 0 Å². The maximum absolute atomic E-state index is 4.97. The Labute approximate surface area is 222 Å². The summed E-state index contributed by atoms with van der Waals surface area (Å²) < 4.78 is 0. The number of hydrogen-bond donors (Lipinski definition) is 0. The molecule has 0 amide bonds. The fourth-order valence-corrected chi connectivity index (χ4v) is 4.43. The maximum atomic E-state index is 4.97. The minimum absolute atomic E-state index is 0.871. The van der Waals surface area contributed by atoms with Crippen molar-refractivity contribution in [3.05, 3.63) is 157 Å². The van der Waals surface area contributed by atoms with Gasteiger partial charge in [-0.15, -0.1) is 0 Å². The van der Waals surface area contributed by atoms with Crippen LogP contribution >= 0.6 is 0 Å². The Morgan fingerprint density at radius 3 is 1.63 bits per heavy atom. The van der Waals surface area contributed by atoms with Gasteiger partial charge in [-0.25, -0.2) is 9.99 Å². The summed E-state index contributed by atoms with van der Waals surface area (Å²) in [5, 5.41) is 7.91. The molecule has 0 saturated heterocycles. The van der Waals surface area contributed by atoms with Crippen molar-refractivity contribution in [2.75, 3.05) is 9.91 Å². The van der Waals surface area contributed by atoms with Gasteiger partial charge in [-0.2, -0.15) is 5.10 Å². The zero-order chi connectivity index (χ0) is 25.6. The van der Waals surface area contributed by atoms with Crippen LogP contribution in [0.3, 0.4) is 0 Å². The predicted molar refractivity (Wildman–Crippen MR) is 159 cm³/mol. The van der Waals surface area contributed by atoms with Crippen LogP contribution in [0.25, 0.3) is 10.9 Å². The van der Waals surface area contributed by atoms with E-state index in [2.05, 4.69) is 83.8 Å². The highest BCUT2D eigenvalue weighted by Gasteiger charge is 2.14. The normalized spacial score (nSPS) is 11.1. The molecule has 0 saturated carbocycles. The SMILES string of the molecule is C(=N\N(c1ccccc1)c1ccccc1)/c1ccc(N(c2ccccc2)c2ccc3ccccc3n2)cc1. The van der Waals surface area contributed by atoms with Gasteiger partial charge in [0, 0.05) is 16.8 Å². The second kappa shape index (κ2) is 10.8. The molecule has 1 heterocycles. The minimum Gasteiger partial charge on any atom is -0.295 e. The van der Waals surface area contributed by atoms with Gasteiger partial charge in [-0.05, 0) is 72.3 Å². The molecule has 0 aliphatic rings. The van der Waals surface area contributed by atoms with Gasteiger partial charge in [0.2, 0.25) is 0 Å². The second-order valence-corrected chi connectivity index (χ2v) is 8.85.